The first-order valence-corrected chi connectivity index (χ1v) is 5.60. The van der Waals surface area contributed by atoms with Crippen molar-refractivity contribution in [2.24, 2.45) is 0 Å². The van der Waals surface area contributed by atoms with Gasteiger partial charge in [0.15, 0.2) is 0 Å². The minimum Gasteiger partial charge on any atom is -0.377 e. The second-order valence-corrected chi connectivity index (χ2v) is 5.16. The van der Waals surface area contributed by atoms with Gasteiger partial charge in [-0.05, 0) is 12.8 Å². The average molecular weight is 185 g/mol. The molecule has 5 heteroatoms. The molecular formula is C5H9ClO3S. The molecular weight excluding hydrogens is 176 g/mol. The first kappa shape index (κ1) is 8.30. The van der Waals surface area contributed by atoms with Gasteiger partial charge in [-0.25, -0.2) is 8.42 Å². The quantitative estimate of drug-likeness (QED) is 0.595. The summed E-state index contributed by atoms with van der Waals surface area (Å²) >= 11 is 0. The Labute approximate surface area is 64.7 Å². The molecule has 1 saturated heterocycles. The lowest BCUT2D eigenvalue weighted by atomic mass is 10.3. The molecule has 0 amide bonds. The predicted molar refractivity (Wildman–Crippen MR) is 38.6 cm³/mol. The molecule has 1 fully saturated rings. The Morgan fingerprint density at radius 3 is 2.70 bits per heavy atom. The summed E-state index contributed by atoms with van der Waals surface area (Å²) in [7, 11) is 1.65. The van der Waals surface area contributed by atoms with Crippen LogP contribution in [0.4, 0.5) is 0 Å². The van der Waals surface area contributed by atoms with Crippen LogP contribution in [0, 0.1) is 0 Å². The van der Waals surface area contributed by atoms with E-state index in [0.717, 1.165) is 12.8 Å². The van der Waals surface area contributed by atoms with Gasteiger partial charge >= 0.3 is 0 Å². The number of hydrogen-bond donors (Lipinski definition) is 0. The van der Waals surface area contributed by atoms with E-state index >= 15 is 0 Å². The van der Waals surface area contributed by atoms with E-state index in [2.05, 4.69) is 0 Å². The zero-order valence-corrected chi connectivity index (χ0v) is 6.99. The van der Waals surface area contributed by atoms with Crippen LogP contribution in [0.5, 0.6) is 0 Å². The van der Waals surface area contributed by atoms with E-state index in [4.69, 9.17) is 15.4 Å². The fraction of sp³-hybridized carbons (Fsp3) is 1.00. The van der Waals surface area contributed by atoms with Crippen LogP contribution in [-0.4, -0.2) is 26.9 Å². The van der Waals surface area contributed by atoms with Crippen molar-refractivity contribution >= 4 is 19.7 Å². The first-order valence-electron chi connectivity index (χ1n) is 3.12. The van der Waals surface area contributed by atoms with Crippen LogP contribution in [0.3, 0.4) is 0 Å². The molecule has 0 radical (unpaired) electrons. The van der Waals surface area contributed by atoms with E-state index in [0.29, 0.717) is 6.61 Å². The largest absolute Gasteiger partial charge is 0.377 e. The minimum atomic E-state index is -3.36. The minimum absolute atomic E-state index is 0.0471. The summed E-state index contributed by atoms with van der Waals surface area (Å²) in [5, 5.41) is 0. The molecule has 10 heavy (non-hydrogen) atoms. The molecule has 1 aliphatic rings. The van der Waals surface area contributed by atoms with Crippen LogP contribution in [0.25, 0.3) is 0 Å². The molecule has 0 aromatic rings. The van der Waals surface area contributed by atoms with Gasteiger partial charge in [0.2, 0.25) is 9.05 Å². The maximum absolute atomic E-state index is 10.5. The molecule has 0 aliphatic carbocycles. The van der Waals surface area contributed by atoms with Gasteiger partial charge in [0.1, 0.15) is 0 Å². The normalized spacial score (nSPS) is 27.1. The summed E-state index contributed by atoms with van der Waals surface area (Å²) < 4.78 is 26.0. The van der Waals surface area contributed by atoms with Crippen molar-refractivity contribution in [3.8, 4) is 0 Å². The van der Waals surface area contributed by atoms with Crippen molar-refractivity contribution in [3.63, 3.8) is 0 Å². The molecule has 1 heterocycles. The Morgan fingerprint density at radius 1 is 1.60 bits per heavy atom. The second-order valence-electron chi connectivity index (χ2n) is 2.34. The van der Waals surface area contributed by atoms with Gasteiger partial charge in [-0.15, -0.1) is 0 Å². The van der Waals surface area contributed by atoms with Crippen molar-refractivity contribution in [2.45, 2.75) is 18.9 Å². The monoisotopic (exact) mass is 184 g/mol. The van der Waals surface area contributed by atoms with Gasteiger partial charge in [0, 0.05) is 17.3 Å². The molecule has 0 aromatic carbocycles. The summed E-state index contributed by atoms with van der Waals surface area (Å²) in [6, 6.07) is 0. The number of halogens is 1. The zero-order valence-electron chi connectivity index (χ0n) is 5.42. The lowest BCUT2D eigenvalue weighted by molar-refractivity contribution is 0.127. The number of hydrogen-bond acceptors (Lipinski definition) is 3. The Morgan fingerprint density at radius 2 is 2.30 bits per heavy atom. The van der Waals surface area contributed by atoms with Crippen molar-refractivity contribution in [2.75, 3.05) is 12.4 Å². The third kappa shape index (κ3) is 2.86. The lowest BCUT2D eigenvalue weighted by Crippen LogP contribution is -2.15. The van der Waals surface area contributed by atoms with E-state index < -0.39 is 9.05 Å². The van der Waals surface area contributed by atoms with Gasteiger partial charge in [0.25, 0.3) is 0 Å². The molecule has 1 atom stereocenters. The van der Waals surface area contributed by atoms with E-state index in [1.165, 1.54) is 0 Å². The zero-order chi connectivity index (χ0) is 7.61. The molecule has 1 aliphatic heterocycles. The van der Waals surface area contributed by atoms with E-state index in [1.807, 2.05) is 0 Å². The van der Waals surface area contributed by atoms with E-state index in [1.54, 1.807) is 0 Å². The van der Waals surface area contributed by atoms with Crippen molar-refractivity contribution in [3.05, 3.63) is 0 Å². The molecule has 3 nitrogen and oxygen atoms in total. The molecule has 0 aromatic heterocycles. The summed E-state index contributed by atoms with van der Waals surface area (Å²) in [6.45, 7) is 0.664. The van der Waals surface area contributed by atoms with Crippen LogP contribution < -0.4 is 0 Å². The highest BCUT2D eigenvalue weighted by Crippen LogP contribution is 2.15. The molecule has 0 N–H and O–H groups in total. The topological polar surface area (TPSA) is 43.4 Å². The Balaban J connectivity index is 2.38. The third-order valence-corrected chi connectivity index (χ3v) is 2.56. The van der Waals surface area contributed by atoms with Crippen LogP contribution in [0.1, 0.15) is 12.8 Å². The van der Waals surface area contributed by atoms with Crippen LogP contribution in [-0.2, 0) is 13.8 Å². The van der Waals surface area contributed by atoms with Gasteiger partial charge in [-0.2, -0.15) is 0 Å². The fourth-order valence-corrected chi connectivity index (χ4v) is 2.13. The van der Waals surface area contributed by atoms with Gasteiger partial charge < -0.3 is 4.74 Å². The fourth-order valence-electron chi connectivity index (χ4n) is 0.998. The molecule has 1 rings (SSSR count). The predicted octanol–water partition coefficient (Wildman–Crippen LogP) is 0.734. The summed E-state index contributed by atoms with van der Waals surface area (Å²) in [4.78, 5) is 0. The van der Waals surface area contributed by atoms with Gasteiger partial charge in [-0.1, -0.05) is 0 Å². The molecule has 0 bridgehead atoms. The standard InChI is InChI=1S/C5H9ClO3S/c6-10(7,8)4-5-2-1-3-9-5/h5H,1-4H2/t5-/m0/s1. The summed E-state index contributed by atoms with van der Waals surface area (Å²) in [5.41, 5.74) is 0. The van der Waals surface area contributed by atoms with Crippen LogP contribution >= 0.6 is 10.7 Å². The molecule has 0 unspecified atom stereocenters. The molecule has 0 saturated carbocycles. The SMILES string of the molecule is O=S(=O)(Cl)C[C@@H]1CCCO1. The maximum Gasteiger partial charge on any atom is 0.235 e. The highest BCUT2D eigenvalue weighted by Gasteiger charge is 2.21. The number of rotatable bonds is 2. The highest BCUT2D eigenvalue weighted by molar-refractivity contribution is 8.13. The Bertz CT molecular complexity index is 193. The average Bonchev–Trinajstić information content (AvgIpc) is 2.12. The van der Waals surface area contributed by atoms with Crippen LogP contribution in [0.2, 0.25) is 0 Å². The second kappa shape index (κ2) is 3.07. The van der Waals surface area contributed by atoms with Gasteiger partial charge in [0.05, 0.1) is 11.9 Å². The molecule has 60 valence electrons. The highest BCUT2D eigenvalue weighted by atomic mass is 35.7. The van der Waals surface area contributed by atoms with E-state index in [-0.39, 0.29) is 11.9 Å². The van der Waals surface area contributed by atoms with Crippen molar-refractivity contribution in [1.29, 1.82) is 0 Å². The van der Waals surface area contributed by atoms with Crippen molar-refractivity contribution < 1.29 is 13.2 Å². The Hall–Kier alpha value is 0.200. The lowest BCUT2D eigenvalue weighted by Gasteiger charge is -2.04. The summed E-state index contributed by atoms with van der Waals surface area (Å²) in [6.07, 6.45) is 1.59. The van der Waals surface area contributed by atoms with Crippen molar-refractivity contribution in [1.82, 2.24) is 0 Å². The maximum atomic E-state index is 10.5. The molecule has 0 spiro atoms. The van der Waals surface area contributed by atoms with Crippen LogP contribution in [0.15, 0.2) is 0 Å². The Kier molecular flexibility index (Phi) is 2.55. The number of ether oxygens (including phenoxy) is 1. The smallest absolute Gasteiger partial charge is 0.235 e. The first-order chi connectivity index (χ1) is 4.58. The van der Waals surface area contributed by atoms with Gasteiger partial charge in [-0.3, -0.25) is 0 Å². The third-order valence-electron chi connectivity index (χ3n) is 1.41. The summed E-state index contributed by atoms with van der Waals surface area (Å²) in [5.74, 6) is -0.0471. The van der Waals surface area contributed by atoms with E-state index in [9.17, 15) is 8.42 Å².